The summed E-state index contributed by atoms with van der Waals surface area (Å²) in [6, 6.07) is 6.43. The van der Waals surface area contributed by atoms with E-state index in [0.29, 0.717) is 18.1 Å². The fourth-order valence-electron chi connectivity index (χ4n) is 2.94. The van der Waals surface area contributed by atoms with Gasteiger partial charge in [-0.15, -0.1) is 0 Å². The molecule has 1 atom stereocenters. The van der Waals surface area contributed by atoms with Gasteiger partial charge < -0.3 is 0 Å². The van der Waals surface area contributed by atoms with Gasteiger partial charge in [-0.3, -0.25) is 5.10 Å². The Labute approximate surface area is 135 Å². The van der Waals surface area contributed by atoms with Gasteiger partial charge in [0, 0.05) is 29.7 Å². The lowest BCUT2D eigenvalue weighted by Gasteiger charge is -2.31. The Bertz CT molecular complexity index is 773. The lowest BCUT2D eigenvalue weighted by Crippen LogP contribution is -2.39. The standard InChI is InChI=1S/C15H18ClN3O2S/c1-11-9-17-18-15(11)12-4-3-7-19(10-12)22(20,21)14-6-2-5-13(16)8-14/h2,5-6,8-9,12H,3-4,7,10H2,1H3,(H,17,18)/t12-/m0/s1. The van der Waals surface area contributed by atoms with E-state index in [1.54, 1.807) is 28.7 Å². The number of nitrogens with zero attached hydrogens (tertiary/aromatic N) is 2. The second-order valence-electron chi connectivity index (χ2n) is 5.63. The molecular formula is C15H18ClN3O2S. The Kier molecular flexibility index (Phi) is 4.25. The van der Waals surface area contributed by atoms with E-state index in [4.69, 9.17) is 11.6 Å². The predicted molar refractivity (Wildman–Crippen MR) is 85.5 cm³/mol. The Morgan fingerprint density at radius 1 is 1.41 bits per heavy atom. The van der Waals surface area contributed by atoms with Gasteiger partial charge in [-0.25, -0.2) is 8.42 Å². The Balaban J connectivity index is 1.87. The molecule has 22 heavy (non-hydrogen) atoms. The Hall–Kier alpha value is -1.37. The van der Waals surface area contributed by atoms with E-state index in [1.807, 2.05) is 6.92 Å². The van der Waals surface area contributed by atoms with Crippen LogP contribution in [0.1, 0.15) is 30.0 Å². The highest BCUT2D eigenvalue weighted by Crippen LogP contribution is 2.31. The summed E-state index contributed by atoms with van der Waals surface area (Å²) in [6.45, 7) is 3.00. The number of hydrogen-bond acceptors (Lipinski definition) is 3. The maximum absolute atomic E-state index is 12.8. The number of benzene rings is 1. The summed E-state index contributed by atoms with van der Waals surface area (Å²) >= 11 is 5.92. The van der Waals surface area contributed by atoms with Gasteiger partial charge in [0.2, 0.25) is 10.0 Å². The van der Waals surface area contributed by atoms with Crippen molar-refractivity contribution >= 4 is 21.6 Å². The second kappa shape index (κ2) is 6.02. The number of halogens is 1. The maximum Gasteiger partial charge on any atom is 0.243 e. The van der Waals surface area contributed by atoms with Crippen LogP contribution in [0.2, 0.25) is 5.02 Å². The molecule has 1 N–H and O–H groups in total. The van der Waals surface area contributed by atoms with E-state index < -0.39 is 10.0 Å². The molecule has 1 saturated heterocycles. The zero-order valence-corrected chi connectivity index (χ0v) is 13.9. The maximum atomic E-state index is 12.8. The minimum atomic E-state index is -3.51. The molecule has 0 amide bonds. The van der Waals surface area contributed by atoms with Gasteiger partial charge in [0.15, 0.2) is 0 Å². The van der Waals surface area contributed by atoms with Crippen LogP contribution in [0.15, 0.2) is 35.4 Å². The summed E-state index contributed by atoms with van der Waals surface area (Å²) in [5, 5.41) is 7.48. The summed E-state index contributed by atoms with van der Waals surface area (Å²) in [5.74, 6) is 0.158. The fraction of sp³-hybridized carbons (Fsp3) is 0.400. The van der Waals surface area contributed by atoms with Crippen molar-refractivity contribution in [3.8, 4) is 0 Å². The van der Waals surface area contributed by atoms with E-state index in [2.05, 4.69) is 10.2 Å². The number of aryl methyl sites for hydroxylation is 1. The molecule has 118 valence electrons. The molecule has 0 aliphatic carbocycles. The van der Waals surface area contributed by atoms with Gasteiger partial charge in [0.05, 0.1) is 11.1 Å². The lowest BCUT2D eigenvalue weighted by molar-refractivity contribution is 0.312. The van der Waals surface area contributed by atoms with Crippen molar-refractivity contribution < 1.29 is 8.42 Å². The third-order valence-electron chi connectivity index (χ3n) is 4.09. The zero-order chi connectivity index (χ0) is 15.7. The highest BCUT2D eigenvalue weighted by atomic mass is 35.5. The average molecular weight is 340 g/mol. The highest BCUT2D eigenvalue weighted by molar-refractivity contribution is 7.89. The van der Waals surface area contributed by atoms with Crippen LogP contribution in [0.5, 0.6) is 0 Å². The largest absolute Gasteiger partial charge is 0.282 e. The second-order valence-corrected chi connectivity index (χ2v) is 8.00. The summed E-state index contributed by atoms with van der Waals surface area (Å²) in [5.41, 5.74) is 2.11. The predicted octanol–water partition coefficient (Wildman–Crippen LogP) is 2.94. The number of piperidine rings is 1. The molecule has 5 nitrogen and oxygen atoms in total. The van der Waals surface area contributed by atoms with Crippen LogP contribution in [0.25, 0.3) is 0 Å². The first-order valence-corrected chi connectivity index (χ1v) is 9.06. The Morgan fingerprint density at radius 2 is 2.23 bits per heavy atom. The lowest BCUT2D eigenvalue weighted by atomic mass is 9.94. The van der Waals surface area contributed by atoms with Crippen molar-refractivity contribution in [3.63, 3.8) is 0 Å². The molecule has 0 radical (unpaired) electrons. The van der Waals surface area contributed by atoms with Crippen LogP contribution < -0.4 is 0 Å². The van der Waals surface area contributed by atoms with Crippen LogP contribution in [0.3, 0.4) is 0 Å². The molecule has 0 saturated carbocycles. The van der Waals surface area contributed by atoms with Crippen molar-refractivity contribution in [3.05, 3.63) is 46.7 Å². The highest BCUT2D eigenvalue weighted by Gasteiger charge is 2.32. The molecule has 3 rings (SSSR count). The molecule has 2 aromatic rings. The molecule has 0 unspecified atom stereocenters. The van der Waals surface area contributed by atoms with E-state index >= 15 is 0 Å². The van der Waals surface area contributed by atoms with Gasteiger partial charge in [0.25, 0.3) is 0 Å². The monoisotopic (exact) mass is 339 g/mol. The molecule has 0 bridgehead atoms. The summed E-state index contributed by atoms with van der Waals surface area (Å²) in [4.78, 5) is 0.252. The summed E-state index contributed by atoms with van der Waals surface area (Å²) in [6.07, 6.45) is 3.58. The molecular weight excluding hydrogens is 322 g/mol. The van der Waals surface area contributed by atoms with E-state index in [0.717, 1.165) is 24.1 Å². The van der Waals surface area contributed by atoms with Crippen LogP contribution in [-0.4, -0.2) is 36.0 Å². The molecule has 1 aromatic carbocycles. The molecule has 1 aromatic heterocycles. The zero-order valence-electron chi connectivity index (χ0n) is 12.3. The number of hydrogen-bond donors (Lipinski definition) is 1. The number of rotatable bonds is 3. The van der Waals surface area contributed by atoms with E-state index in [9.17, 15) is 8.42 Å². The van der Waals surface area contributed by atoms with E-state index in [1.165, 1.54) is 6.07 Å². The number of H-pyrrole nitrogens is 1. The van der Waals surface area contributed by atoms with Gasteiger partial charge in [-0.2, -0.15) is 9.40 Å². The van der Waals surface area contributed by atoms with Crippen molar-refractivity contribution in [1.29, 1.82) is 0 Å². The van der Waals surface area contributed by atoms with Gasteiger partial charge in [0.1, 0.15) is 0 Å². The first kappa shape index (κ1) is 15.5. The van der Waals surface area contributed by atoms with Crippen LogP contribution in [0.4, 0.5) is 0 Å². The van der Waals surface area contributed by atoms with Crippen molar-refractivity contribution in [1.82, 2.24) is 14.5 Å². The molecule has 1 aliphatic rings. The van der Waals surface area contributed by atoms with Gasteiger partial charge in [-0.1, -0.05) is 17.7 Å². The minimum absolute atomic E-state index is 0.158. The van der Waals surface area contributed by atoms with Crippen molar-refractivity contribution in [2.75, 3.05) is 13.1 Å². The van der Waals surface area contributed by atoms with Gasteiger partial charge in [-0.05, 0) is 43.5 Å². The van der Waals surface area contributed by atoms with Gasteiger partial charge >= 0.3 is 0 Å². The normalized spacial score (nSPS) is 20.2. The number of sulfonamides is 1. The Morgan fingerprint density at radius 3 is 2.91 bits per heavy atom. The SMILES string of the molecule is Cc1cn[nH]c1[C@H]1CCCN(S(=O)(=O)c2cccc(Cl)c2)C1. The van der Waals surface area contributed by atoms with E-state index in [-0.39, 0.29) is 10.8 Å². The summed E-state index contributed by atoms with van der Waals surface area (Å²) in [7, 11) is -3.51. The molecule has 1 fully saturated rings. The fourth-order valence-corrected chi connectivity index (χ4v) is 4.77. The number of aromatic amines is 1. The summed E-state index contributed by atoms with van der Waals surface area (Å²) < 4.78 is 27.1. The molecule has 2 heterocycles. The number of nitrogens with one attached hydrogen (secondary N) is 1. The third kappa shape index (κ3) is 2.91. The first-order valence-electron chi connectivity index (χ1n) is 7.24. The van der Waals surface area contributed by atoms with Crippen LogP contribution >= 0.6 is 11.6 Å². The molecule has 7 heteroatoms. The molecule has 0 spiro atoms. The topological polar surface area (TPSA) is 66.1 Å². The minimum Gasteiger partial charge on any atom is -0.282 e. The third-order valence-corrected chi connectivity index (χ3v) is 6.19. The molecule has 1 aliphatic heterocycles. The van der Waals surface area contributed by atoms with Crippen LogP contribution in [-0.2, 0) is 10.0 Å². The van der Waals surface area contributed by atoms with Crippen LogP contribution in [0, 0.1) is 6.92 Å². The van der Waals surface area contributed by atoms with Crippen molar-refractivity contribution in [2.24, 2.45) is 0 Å². The quantitative estimate of drug-likeness (QED) is 0.935. The number of aromatic nitrogens is 2. The smallest absolute Gasteiger partial charge is 0.243 e. The average Bonchev–Trinajstić information content (AvgIpc) is 2.93. The van der Waals surface area contributed by atoms with Crippen molar-refractivity contribution in [2.45, 2.75) is 30.6 Å². The first-order chi connectivity index (χ1) is 10.5.